The number of nitrogens with one attached hydrogen (secondary N) is 1. The van der Waals surface area contributed by atoms with Crippen LogP contribution in [0, 0.1) is 6.92 Å². The SMILES string of the molecule is C=CCn1c(S[C@H](C)C(=O)NC(N)=O)nnc1-c1ccoc1C. The van der Waals surface area contributed by atoms with Gasteiger partial charge in [0.25, 0.3) is 0 Å². The monoisotopic (exact) mass is 335 g/mol. The van der Waals surface area contributed by atoms with E-state index in [4.69, 9.17) is 10.2 Å². The van der Waals surface area contributed by atoms with Gasteiger partial charge in [0, 0.05) is 6.54 Å². The first-order chi connectivity index (χ1) is 10.9. The highest BCUT2D eigenvalue weighted by Gasteiger charge is 2.22. The van der Waals surface area contributed by atoms with Crippen molar-refractivity contribution >= 4 is 23.7 Å². The van der Waals surface area contributed by atoms with E-state index in [0.29, 0.717) is 17.5 Å². The van der Waals surface area contributed by atoms with Gasteiger partial charge in [-0.3, -0.25) is 14.7 Å². The maximum atomic E-state index is 11.8. The molecule has 0 fully saturated rings. The number of rotatable bonds is 6. The van der Waals surface area contributed by atoms with Crippen molar-refractivity contribution in [2.24, 2.45) is 5.73 Å². The fourth-order valence-corrected chi connectivity index (χ4v) is 2.78. The molecule has 3 N–H and O–H groups in total. The van der Waals surface area contributed by atoms with Crippen LogP contribution in [0.4, 0.5) is 4.79 Å². The summed E-state index contributed by atoms with van der Waals surface area (Å²) in [6.45, 7) is 7.68. The number of primary amides is 1. The third-order valence-corrected chi connectivity index (χ3v) is 4.11. The van der Waals surface area contributed by atoms with Crippen LogP contribution in [0.5, 0.6) is 0 Å². The Bertz CT molecular complexity index is 737. The quantitative estimate of drug-likeness (QED) is 0.613. The van der Waals surface area contributed by atoms with Crippen LogP contribution in [-0.2, 0) is 11.3 Å². The Morgan fingerprint density at radius 1 is 1.57 bits per heavy atom. The fraction of sp³-hybridized carbons (Fsp3) is 0.286. The highest BCUT2D eigenvalue weighted by Crippen LogP contribution is 2.29. The number of furan rings is 1. The molecule has 0 saturated carbocycles. The molecule has 0 radical (unpaired) electrons. The summed E-state index contributed by atoms with van der Waals surface area (Å²) >= 11 is 1.18. The Balaban J connectivity index is 2.28. The van der Waals surface area contributed by atoms with Gasteiger partial charge in [0.1, 0.15) is 5.76 Å². The molecule has 1 atom stereocenters. The van der Waals surface area contributed by atoms with Crippen molar-refractivity contribution in [3.8, 4) is 11.4 Å². The first kappa shape index (κ1) is 16.8. The molecule has 122 valence electrons. The van der Waals surface area contributed by atoms with E-state index in [-0.39, 0.29) is 0 Å². The van der Waals surface area contributed by atoms with Crippen molar-refractivity contribution in [3.05, 3.63) is 30.7 Å². The van der Waals surface area contributed by atoms with Crippen molar-refractivity contribution in [1.82, 2.24) is 20.1 Å². The minimum atomic E-state index is -0.885. The first-order valence-electron chi connectivity index (χ1n) is 6.79. The summed E-state index contributed by atoms with van der Waals surface area (Å²) in [5, 5.41) is 10.3. The molecule has 0 aliphatic rings. The molecule has 9 heteroatoms. The van der Waals surface area contributed by atoms with Crippen LogP contribution in [0.1, 0.15) is 12.7 Å². The molecule has 8 nitrogen and oxygen atoms in total. The number of carbonyl (C=O) groups excluding carboxylic acids is 2. The molecule has 0 aliphatic heterocycles. The van der Waals surface area contributed by atoms with E-state index < -0.39 is 17.2 Å². The van der Waals surface area contributed by atoms with Crippen LogP contribution in [0.3, 0.4) is 0 Å². The number of imide groups is 1. The Morgan fingerprint density at radius 2 is 2.30 bits per heavy atom. The number of thioether (sulfide) groups is 1. The maximum absolute atomic E-state index is 11.8. The maximum Gasteiger partial charge on any atom is 0.318 e. The molecule has 0 aromatic carbocycles. The molecule has 0 unspecified atom stereocenters. The molecule has 3 amide bonds. The zero-order valence-corrected chi connectivity index (χ0v) is 13.6. The van der Waals surface area contributed by atoms with E-state index >= 15 is 0 Å². The number of amides is 3. The van der Waals surface area contributed by atoms with Crippen LogP contribution in [0.15, 0.2) is 34.6 Å². The Labute approximate surface area is 137 Å². The van der Waals surface area contributed by atoms with Gasteiger partial charge in [-0.25, -0.2) is 4.79 Å². The second-order valence-electron chi connectivity index (χ2n) is 4.71. The standard InChI is InChI=1S/C14H17N5O3S/c1-4-6-19-11(10-5-7-22-8(10)2)17-18-14(19)23-9(3)12(20)16-13(15)21/h4-5,7,9H,1,6H2,2-3H3,(H3,15,16,20,21)/t9-/m1/s1. The van der Waals surface area contributed by atoms with Crippen LogP contribution in [-0.4, -0.2) is 32.0 Å². The van der Waals surface area contributed by atoms with E-state index in [1.807, 2.05) is 16.8 Å². The average Bonchev–Trinajstić information content (AvgIpc) is 3.05. The van der Waals surface area contributed by atoms with Gasteiger partial charge in [-0.2, -0.15) is 0 Å². The molecule has 2 aromatic heterocycles. The normalized spacial score (nSPS) is 11.9. The van der Waals surface area contributed by atoms with Gasteiger partial charge in [0.05, 0.1) is 17.1 Å². The molecule has 0 saturated heterocycles. The smallest absolute Gasteiger partial charge is 0.318 e. The lowest BCUT2D eigenvalue weighted by Gasteiger charge is -2.11. The summed E-state index contributed by atoms with van der Waals surface area (Å²) in [5.41, 5.74) is 5.77. The highest BCUT2D eigenvalue weighted by molar-refractivity contribution is 8.00. The Morgan fingerprint density at radius 3 is 2.87 bits per heavy atom. The fourth-order valence-electron chi connectivity index (χ4n) is 1.92. The van der Waals surface area contributed by atoms with Crippen molar-refractivity contribution in [2.75, 3.05) is 0 Å². The lowest BCUT2D eigenvalue weighted by molar-refractivity contribution is -0.119. The summed E-state index contributed by atoms with van der Waals surface area (Å²) in [4.78, 5) is 22.5. The number of allylic oxidation sites excluding steroid dienone is 1. The molecular formula is C14H17N5O3S. The first-order valence-corrected chi connectivity index (χ1v) is 7.67. The number of nitrogens with zero attached hydrogens (tertiary/aromatic N) is 3. The van der Waals surface area contributed by atoms with Gasteiger partial charge in [-0.05, 0) is 19.9 Å². The lowest BCUT2D eigenvalue weighted by Crippen LogP contribution is -2.39. The summed E-state index contributed by atoms with van der Waals surface area (Å²) in [7, 11) is 0. The lowest BCUT2D eigenvalue weighted by atomic mass is 10.2. The molecular weight excluding hydrogens is 318 g/mol. The summed E-state index contributed by atoms with van der Waals surface area (Å²) in [6, 6.07) is 0.918. The largest absolute Gasteiger partial charge is 0.469 e. The molecule has 0 spiro atoms. The molecule has 0 bridgehead atoms. The van der Waals surface area contributed by atoms with Crippen molar-refractivity contribution in [3.63, 3.8) is 0 Å². The minimum Gasteiger partial charge on any atom is -0.469 e. The highest BCUT2D eigenvalue weighted by atomic mass is 32.2. The van der Waals surface area contributed by atoms with Crippen LogP contribution < -0.4 is 11.1 Å². The number of nitrogens with two attached hydrogens (primary N) is 1. The molecule has 2 aromatic rings. The number of aromatic nitrogens is 3. The minimum absolute atomic E-state index is 0.472. The Hall–Kier alpha value is -2.55. The number of hydrogen-bond acceptors (Lipinski definition) is 6. The summed E-state index contributed by atoms with van der Waals surface area (Å²) in [6.07, 6.45) is 3.29. The van der Waals surface area contributed by atoms with Crippen molar-refractivity contribution < 1.29 is 14.0 Å². The van der Waals surface area contributed by atoms with Gasteiger partial charge in [-0.15, -0.1) is 16.8 Å². The van der Waals surface area contributed by atoms with Crippen molar-refractivity contribution in [1.29, 1.82) is 0 Å². The third-order valence-electron chi connectivity index (χ3n) is 3.03. The van der Waals surface area contributed by atoms with Crippen LogP contribution in [0.2, 0.25) is 0 Å². The number of urea groups is 1. The van der Waals surface area contributed by atoms with Crippen LogP contribution >= 0.6 is 11.8 Å². The van der Waals surface area contributed by atoms with Gasteiger partial charge in [-0.1, -0.05) is 17.8 Å². The predicted octanol–water partition coefficient (Wildman–Crippen LogP) is 1.71. The Kier molecular flexibility index (Phi) is 5.22. The molecule has 2 heterocycles. The van der Waals surface area contributed by atoms with Crippen LogP contribution in [0.25, 0.3) is 11.4 Å². The van der Waals surface area contributed by atoms with Gasteiger partial charge in [0.2, 0.25) is 5.91 Å². The average molecular weight is 335 g/mol. The number of hydrogen-bond donors (Lipinski definition) is 2. The van der Waals surface area contributed by atoms with E-state index in [0.717, 1.165) is 11.3 Å². The van der Waals surface area contributed by atoms with Gasteiger partial charge in [0.15, 0.2) is 11.0 Å². The number of carbonyl (C=O) groups is 2. The summed E-state index contributed by atoms with van der Waals surface area (Å²) < 4.78 is 7.12. The second kappa shape index (κ2) is 7.14. The van der Waals surface area contributed by atoms with E-state index in [1.54, 1.807) is 25.3 Å². The number of aryl methyl sites for hydroxylation is 1. The van der Waals surface area contributed by atoms with E-state index in [2.05, 4.69) is 16.8 Å². The van der Waals surface area contributed by atoms with Crippen molar-refractivity contribution in [2.45, 2.75) is 30.8 Å². The topological polar surface area (TPSA) is 116 Å². The second-order valence-corrected chi connectivity index (χ2v) is 6.02. The van der Waals surface area contributed by atoms with Gasteiger partial charge < -0.3 is 10.2 Å². The molecule has 0 aliphatic carbocycles. The van der Waals surface area contributed by atoms with E-state index in [1.165, 1.54) is 11.8 Å². The van der Waals surface area contributed by atoms with Gasteiger partial charge >= 0.3 is 6.03 Å². The third kappa shape index (κ3) is 3.81. The zero-order valence-electron chi connectivity index (χ0n) is 12.8. The molecule has 2 rings (SSSR count). The van der Waals surface area contributed by atoms with E-state index in [9.17, 15) is 9.59 Å². The predicted molar refractivity (Wildman–Crippen MR) is 85.7 cm³/mol. The zero-order chi connectivity index (χ0) is 17.0. The summed E-state index contributed by atoms with van der Waals surface area (Å²) in [5.74, 6) is 0.858. The molecule has 23 heavy (non-hydrogen) atoms.